The van der Waals surface area contributed by atoms with Gasteiger partial charge in [-0.3, -0.25) is 9.59 Å². The Morgan fingerprint density at radius 1 is 1.00 bits per heavy atom. The molecule has 1 atom stereocenters. The van der Waals surface area contributed by atoms with Crippen LogP contribution in [0.2, 0.25) is 0 Å². The molecule has 0 spiro atoms. The summed E-state index contributed by atoms with van der Waals surface area (Å²) in [6.07, 6.45) is 3.60. The van der Waals surface area contributed by atoms with Crippen molar-refractivity contribution in [2.45, 2.75) is 25.5 Å². The second-order valence-corrected chi connectivity index (χ2v) is 8.79. The molecule has 2 N–H and O–H groups in total. The van der Waals surface area contributed by atoms with Crippen molar-refractivity contribution in [3.63, 3.8) is 0 Å². The van der Waals surface area contributed by atoms with Crippen molar-refractivity contribution in [3.05, 3.63) is 113 Å². The summed E-state index contributed by atoms with van der Waals surface area (Å²) in [4.78, 5) is 26.0. The van der Waals surface area contributed by atoms with Gasteiger partial charge in [0.15, 0.2) is 11.4 Å². The van der Waals surface area contributed by atoms with Gasteiger partial charge in [-0.15, -0.1) is 0 Å². The highest BCUT2D eigenvalue weighted by Crippen LogP contribution is 2.28. The van der Waals surface area contributed by atoms with Crippen LogP contribution in [0.4, 0.5) is 11.4 Å². The van der Waals surface area contributed by atoms with Crippen molar-refractivity contribution in [2.24, 2.45) is 0 Å². The predicted octanol–water partition coefficient (Wildman–Crippen LogP) is 4.74. The van der Waals surface area contributed by atoms with Crippen molar-refractivity contribution in [3.8, 4) is 11.5 Å². The van der Waals surface area contributed by atoms with Crippen molar-refractivity contribution >= 4 is 17.3 Å². The maximum atomic E-state index is 13.5. The summed E-state index contributed by atoms with van der Waals surface area (Å²) < 4.78 is 13.0. The number of ether oxygens (including phenoxy) is 2. The second-order valence-electron chi connectivity index (χ2n) is 8.79. The lowest BCUT2D eigenvalue weighted by Crippen LogP contribution is -2.31. The van der Waals surface area contributed by atoms with Crippen LogP contribution in [0.15, 0.2) is 95.9 Å². The molecule has 0 radical (unpaired) electrons. The molecule has 3 aromatic carbocycles. The zero-order chi connectivity index (χ0) is 25.5. The van der Waals surface area contributed by atoms with E-state index in [1.54, 1.807) is 24.3 Å². The maximum Gasteiger partial charge on any atom is 0.294 e. The summed E-state index contributed by atoms with van der Waals surface area (Å²) in [5, 5.41) is 10.4. The highest BCUT2D eigenvalue weighted by molar-refractivity contribution is 5.94. The topological polar surface area (TPSA) is 94.5 Å². The summed E-state index contributed by atoms with van der Waals surface area (Å²) in [6, 6.07) is 25.8. The van der Waals surface area contributed by atoms with Crippen LogP contribution >= 0.6 is 0 Å². The molecule has 0 saturated carbocycles. The summed E-state index contributed by atoms with van der Waals surface area (Å²) in [5.41, 5.74) is 2.06. The highest BCUT2D eigenvalue weighted by Gasteiger charge is 2.17. The summed E-state index contributed by atoms with van der Waals surface area (Å²) in [6.45, 7) is 1.57. The van der Waals surface area contributed by atoms with Gasteiger partial charge in [0.1, 0.15) is 5.75 Å². The van der Waals surface area contributed by atoms with Crippen molar-refractivity contribution in [1.29, 1.82) is 0 Å². The van der Waals surface area contributed by atoms with Crippen LogP contribution in [0.1, 0.15) is 28.8 Å². The number of nitrogens with one attached hydrogen (secondary N) is 2. The lowest BCUT2D eigenvalue weighted by atomic mass is 10.1. The van der Waals surface area contributed by atoms with Crippen LogP contribution < -0.4 is 20.9 Å². The lowest BCUT2D eigenvalue weighted by Gasteiger charge is -2.15. The monoisotopic (exact) mass is 496 g/mol. The van der Waals surface area contributed by atoms with Gasteiger partial charge in [0, 0.05) is 24.4 Å². The molecule has 2 heterocycles. The lowest BCUT2D eigenvalue weighted by molar-refractivity contribution is 0.0858. The van der Waals surface area contributed by atoms with E-state index in [-0.39, 0.29) is 23.3 Å². The third-order valence-electron chi connectivity index (χ3n) is 6.09. The molecule has 1 unspecified atom stereocenters. The minimum Gasteiger partial charge on any atom is -0.453 e. The molecule has 188 valence electrons. The van der Waals surface area contributed by atoms with Gasteiger partial charge < -0.3 is 20.1 Å². The first-order chi connectivity index (χ1) is 18.2. The molecule has 5 rings (SSSR count). The number of rotatable bonds is 9. The fraction of sp³-hybridized carbons (Fsp3) is 0.207. The van der Waals surface area contributed by atoms with E-state index in [1.165, 1.54) is 10.9 Å². The minimum absolute atomic E-state index is 0.0812. The summed E-state index contributed by atoms with van der Waals surface area (Å²) in [5.74, 6) is 0.731. The van der Waals surface area contributed by atoms with Gasteiger partial charge in [0.05, 0.1) is 18.8 Å². The fourth-order valence-corrected chi connectivity index (χ4v) is 4.11. The van der Waals surface area contributed by atoms with Crippen LogP contribution in [0, 0.1) is 0 Å². The zero-order valence-corrected chi connectivity index (χ0v) is 20.3. The van der Waals surface area contributed by atoms with Gasteiger partial charge in [-0.05, 0) is 54.8 Å². The Hall–Kier alpha value is -4.43. The Balaban J connectivity index is 1.37. The average Bonchev–Trinajstić information content (AvgIpc) is 3.46. The number of amides is 1. The number of hydrogen-bond donors (Lipinski definition) is 2. The number of nitrogens with zero attached hydrogens (tertiary/aromatic N) is 2. The summed E-state index contributed by atoms with van der Waals surface area (Å²) in [7, 11) is 0. The number of carbonyl (C=O) groups is 1. The van der Waals surface area contributed by atoms with E-state index in [4.69, 9.17) is 9.47 Å². The smallest absolute Gasteiger partial charge is 0.294 e. The molecule has 1 aliphatic rings. The van der Waals surface area contributed by atoms with Gasteiger partial charge in [0.2, 0.25) is 0 Å². The third kappa shape index (κ3) is 6.23. The first-order valence-electron chi connectivity index (χ1n) is 12.3. The number of benzene rings is 3. The normalized spacial score (nSPS) is 14.8. The van der Waals surface area contributed by atoms with Crippen LogP contribution in [0.3, 0.4) is 0 Å². The van der Waals surface area contributed by atoms with Crippen molar-refractivity contribution in [1.82, 2.24) is 15.1 Å². The van der Waals surface area contributed by atoms with Crippen LogP contribution in [-0.4, -0.2) is 34.9 Å². The predicted molar refractivity (Wildman–Crippen MR) is 142 cm³/mol. The Bertz CT molecular complexity index is 1380. The Morgan fingerprint density at radius 2 is 1.73 bits per heavy atom. The number of para-hydroxylation sites is 1. The largest absolute Gasteiger partial charge is 0.453 e. The molecular formula is C29H28N4O4. The third-order valence-corrected chi connectivity index (χ3v) is 6.09. The van der Waals surface area contributed by atoms with E-state index in [2.05, 4.69) is 15.7 Å². The maximum absolute atomic E-state index is 13.5. The molecule has 8 heteroatoms. The SMILES string of the molecule is O=C(NCC1CCCO1)c1ccc(Nc2c(Oc3ccccc3)cnn(Cc3ccccc3)c2=O)cc1. The van der Waals surface area contributed by atoms with Gasteiger partial charge in [0.25, 0.3) is 11.5 Å². The van der Waals surface area contributed by atoms with Crippen molar-refractivity contribution < 1.29 is 14.3 Å². The van der Waals surface area contributed by atoms with E-state index in [0.717, 1.165) is 25.0 Å². The molecule has 1 saturated heterocycles. The van der Waals surface area contributed by atoms with E-state index in [1.807, 2.05) is 60.7 Å². The number of carbonyl (C=O) groups excluding carboxylic acids is 1. The fourth-order valence-electron chi connectivity index (χ4n) is 4.11. The van der Waals surface area contributed by atoms with Gasteiger partial charge in [-0.2, -0.15) is 5.10 Å². The summed E-state index contributed by atoms with van der Waals surface area (Å²) >= 11 is 0. The van der Waals surface area contributed by atoms with Gasteiger partial charge in [-0.1, -0.05) is 48.5 Å². The van der Waals surface area contributed by atoms with Gasteiger partial charge >= 0.3 is 0 Å². The highest BCUT2D eigenvalue weighted by atomic mass is 16.5. The van der Waals surface area contributed by atoms with Crippen LogP contribution in [-0.2, 0) is 11.3 Å². The molecule has 1 aliphatic heterocycles. The number of anilines is 2. The molecule has 0 bridgehead atoms. The molecule has 1 aromatic heterocycles. The van der Waals surface area contributed by atoms with Crippen molar-refractivity contribution in [2.75, 3.05) is 18.5 Å². The quantitative estimate of drug-likeness (QED) is 0.348. The van der Waals surface area contributed by atoms with E-state index < -0.39 is 0 Å². The van der Waals surface area contributed by atoms with Crippen LogP contribution in [0.5, 0.6) is 11.5 Å². The molecule has 8 nitrogen and oxygen atoms in total. The first kappa shape index (κ1) is 24.3. The minimum atomic E-state index is -0.323. The van der Waals surface area contributed by atoms with Crippen LogP contribution in [0.25, 0.3) is 0 Å². The first-order valence-corrected chi connectivity index (χ1v) is 12.3. The molecule has 1 fully saturated rings. The zero-order valence-electron chi connectivity index (χ0n) is 20.3. The van der Waals surface area contributed by atoms with E-state index >= 15 is 0 Å². The molecule has 0 aliphatic carbocycles. The second kappa shape index (κ2) is 11.5. The Kier molecular flexibility index (Phi) is 7.57. The molecule has 1 amide bonds. The molecule has 4 aromatic rings. The van der Waals surface area contributed by atoms with E-state index in [0.29, 0.717) is 35.8 Å². The molecular weight excluding hydrogens is 468 g/mol. The number of hydrogen-bond acceptors (Lipinski definition) is 6. The Labute approximate surface area is 214 Å². The van der Waals surface area contributed by atoms with Gasteiger partial charge in [-0.25, -0.2) is 4.68 Å². The standard InChI is InChI=1S/C29H28N4O4/c34-28(30-18-25-12-7-17-36-25)22-13-15-23(16-14-22)32-27-26(37-24-10-5-2-6-11-24)19-31-33(29(27)35)20-21-8-3-1-4-9-21/h1-6,8-11,13-16,19,25,32H,7,12,17-18,20H2,(H,30,34). The van der Waals surface area contributed by atoms with E-state index in [9.17, 15) is 9.59 Å². The Morgan fingerprint density at radius 3 is 2.43 bits per heavy atom. The molecule has 37 heavy (non-hydrogen) atoms. The number of aromatic nitrogens is 2. The average molecular weight is 497 g/mol.